The topological polar surface area (TPSA) is 101 Å². The second-order valence-corrected chi connectivity index (χ2v) is 5.46. The Hall–Kier alpha value is -1.30. The summed E-state index contributed by atoms with van der Waals surface area (Å²) in [5, 5.41) is 2.62. The maximum atomic E-state index is 12.0. The van der Waals surface area contributed by atoms with E-state index in [-0.39, 0.29) is 11.9 Å². The Balaban J connectivity index is 2.28. The number of piperidine rings is 1. The number of nitrogens with two attached hydrogens (primary N) is 2. The molecule has 1 aliphatic rings. The first-order valence-electron chi connectivity index (χ1n) is 7.05. The summed E-state index contributed by atoms with van der Waals surface area (Å²) in [6.07, 6.45) is 4.31. The molecule has 0 aromatic rings. The summed E-state index contributed by atoms with van der Waals surface area (Å²) in [5.41, 5.74) is 10.7. The summed E-state index contributed by atoms with van der Waals surface area (Å²) >= 11 is 0. The third-order valence-electron chi connectivity index (χ3n) is 3.49. The SMILES string of the molecule is CC(N)CCCC(=O)N1CCCC(CNC(N)=O)C1. The molecule has 1 heterocycles. The second kappa shape index (κ2) is 7.99. The van der Waals surface area contributed by atoms with Gasteiger partial charge in [0.15, 0.2) is 0 Å². The fourth-order valence-corrected chi connectivity index (χ4v) is 2.44. The Labute approximate surface area is 114 Å². The molecule has 3 amide bonds. The molecule has 0 aliphatic carbocycles. The Bertz CT molecular complexity index is 307. The van der Waals surface area contributed by atoms with Crippen molar-refractivity contribution in [1.82, 2.24) is 10.2 Å². The predicted octanol–water partition coefficient (Wildman–Crippen LogP) is 0.411. The summed E-state index contributed by atoms with van der Waals surface area (Å²) in [5.74, 6) is 0.517. The fraction of sp³-hybridized carbons (Fsp3) is 0.846. The van der Waals surface area contributed by atoms with Crippen molar-refractivity contribution in [3.05, 3.63) is 0 Å². The van der Waals surface area contributed by atoms with Gasteiger partial charge in [-0.15, -0.1) is 0 Å². The van der Waals surface area contributed by atoms with Gasteiger partial charge in [0.2, 0.25) is 5.91 Å². The largest absolute Gasteiger partial charge is 0.352 e. The van der Waals surface area contributed by atoms with Crippen molar-refractivity contribution in [3.8, 4) is 0 Å². The van der Waals surface area contributed by atoms with Crippen molar-refractivity contribution in [2.45, 2.75) is 45.1 Å². The number of rotatable bonds is 6. The molecular weight excluding hydrogens is 244 g/mol. The minimum atomic E-state index is -0.500. The lowest BCUT2D eigenvalue weighted by atomic mass is 9.97. The Morgan fingerprint density at radius 3 is 2.84 bits per heavy atom. The molecule has 0 saturated carbocycles. The Kier molecular flexibility index (Phi) is 6.62. The number of nitrogens with zero attached hydrogens (tertiary/aromatic N) is 1. The van der Waals surface area contributed by atoms with E-state index in [1.165, 1.54) is 0 Å². The number of hydrogen-bond acceptors (Lipinski definition) is 3. The van der Waals surface area contributed by atoms with Gasteiger partial charge < -0.3 is 21.7 Å². The van der Waals surface area contributed by atoms with Crippen LogP contribution >= 0.6 is 0 Å². The van der Waals surface area contributed by atoms with Crippen LogP contribution in [-0.2, 0) is 4.79 Å². The molecule has 5 N–H and O–H groups in total. The van der Waals surface area contributed by atoms with Crippen molar-refractivity contribution in [2.75, 3.05) is 19.6 Å². The van der Waals surface area contributed by atoms with E-state index in [2.05, 4.69) is 5.32 Å². The molecular formula is C13H26N4O2. The van der Waals surface area contributed by atoms with Gasteiger partial charge in [-0.25, -0.2) is 4.79 Å². The lowest BCUT2D eigenvalue weighted by molar-refractivity contribution is -0.133. The summed E-state index contributed by atoms with van der Waals surface area (Å²) < 4.78 is 0. The van der Waals surface area contributed by atoms with Gasteiger partial charge in [0.25, 0.3) is 0 Å². The minimum Gasteiger partial charge on any atom is -0.352 e. The molecule has 0 aromatic heterocycles. The number of primary amides is 1. The fourth-order valence-electron chi connectivity index (χ4n) is 2.44. The van der Waals surface area contributed by atoms with Gasteiger partial charge in [-0.2, -0.15) is 0 Å². The number of urea groups is 1. The number of nitrogens with one attached hydrogen (secondary N) is 1. The number of carbonyl (C=O) groups is 2. The van der Waals surface area contributed by atoms with E-state index in [4.69, 9.17) is 11.5 Å². The van der Waals surface area contributed by atoms with Crippen molar-refractivity contribution >= 4 is 11.9 Å². The van der Waals surface area contributed by atoms with E-state index in [1.54, 1.807) is 0 Å². The number of carbonyl (C=O) groups excluding carboxylic acids is 2. The third-order valence-corrected chi connectivity index (χ3v) is 3.49. The number of amides is 3. The first-order valence-corrected chi connectivity index (χ1v) is 7.05. The van der Waals surface area contributed by atoms with Crippen LogP contribution in [0.15, 0.2) is 0 Å². The van der Waals surface area contributed by atoms with Gasteiger partial charge in [-0.3, -0.25) is 4.79 Å². The smallest absolute Gasteiger partial charge is 0.312 e. The van der Waals surface area contributed by atoms with Crippen LogP contribution in [0.2, 0.25) is 0 Å². The van der Waals surface area contributed by atoms with Crippen molar-refractivity contribution < 1.29 is 9.59 Å². The standard InChI is InChI=1S/C13H26N4O2/c1-10(14)4-2-6-12(18)17-7-3-5-11(9-17)8-16-13(15)19/h10-11H,2-9,14H2,1H3,(H3,15,16,19). The van der Waals surface area contributed by atoms with Crippen LogP contribution in [0.3, 0.4) is 0 Å². The maximum Gasteiger partial charge on any atom is 0.312 e. The van der Waals surface area contributed by atoms with Gasteiger partial charge in [-0.05, 0) is 38.5 Å². The summed E-state index contributed by atoms with van der Waals surface area (Å²) in [4.78, 5) is 24.6. The molecule has 19 heavy (non-hydrogen) atoms. The van der Waals surface area contributed by atoms with Crippen LogP contribution < -0.4 is 16.8 Å². The zero-order chi connectivity index (χ0) is 14.3. The van der Waals surface area contributed by atoms with Crippen molar-refractivity contribution in [3.63, 3.8) is 0 Å². The van der Waals surface area contributed by atoms with E-state index in [0.29, 0.717) is 18.9 Å². The van der Waals surface area contributed by atoms with Crippen LogP contribution in [0.25, 0.3) is 0 Å². The minimum absolute atomic E-state index is 0.154. The molecule has 1 aliphatic heterocycles. The van der Waals surface area contributed by atoms with E-state index in [1.807, 2.05) is 11.8 Å². The van der Waals surface area contributed by atoms with E-state index >= 15 is 0 Å². The Morgan fingerprint density at radius 2 is 2.21 bits per heavy atom. The van der Waals surface area contributed by atoms with Gasteiger partial charge in [0.05, 0.1) is 0 Å². The average molecular weight is 270 g/mol. The zero-order valence-corrected chi connectivity index (χ0v) is 11.7. The van der Waals surface area contributed by atoms with Crippen molar-refractivity contribution in [1.29, 1.82) is 0 Å². The Morgan fingerprint density at radius 1 is 1.47 bits per heavy atom. The van der Waals surface area contributed by atoms with Gasteiger partial charge in [0, 0.05) is 32.1 Å². The molecule has 0 aromatic carbocycles. The second-order valence-electron chi connectivity index (χ2n) is 5.46. The van der Waals surface area contributed by atoms with Crippen LogP contribution in [0.5, 0.6) is 0 Å². The van der Waals surface area contributed by atoms with E-state index < -0.39 is 6.03 Å². The first kappa shape index (κ1) is 15.8. The van der Waals surface area contributed by atoms with Crippen molar-refractivity contribution in [2.24, 2.45) is 17.4 Å². The zero-order valence-electron chi connectivity index (χ0n) is 11.7. The summed E-state index contributed by atoms with van der Waals surface area (Å²) in [7, 11) is 0. The predicted molar refractivity (Wildman–Crippen MR) is 74.4 cm³/mol. The number of hydrogen-bond donors (Lipinski definition) is 3. The molecule has 0 radical (unpaired) electrons. The average Bonchev–Trinajstić information content (AvgIpc) is 2.36. The molecule has 6 nitrogen and oxygen atoms in total. The maximum absolute atomic E-state index is 12.0. The normalized spacial score (nSPS) is 20.9. The van der Waals surface area contributed by atoms with Gasteiger partial charge in [-0.1, -0.05) is 0 Å². The summed E-state index contributed by atoms with van der Waals surface area (Å²) in [6.45, 7) is 4.05. The molecule has 6 heteroatoms. The molecule has 2 unspecified atom stereocenters. The highest BCUT2D eigenvalue weighted by molar-refractivity contribution is 5.76. The monoisotopic (exact) mass is 270 g/mol. The molecule has 1 saturated heterocycles. The molecule has 0 spiro atoms. The lowest BCUT2D eigenvalue weighted by Gasteiger charge is -2.33. The van der Waals surface area contributed by atoms with E-state index in [9.17, 15) is 9.59 Å². The highest BCUT2D eigenvalue weighted by atomic mass is 16.2. The van der Waals surface area contributed by atoms with Crippen LogP contribution in [0, 0.1) is 5.92 Å². The highest BCUT2D eigenvalue weighted by Gasteiger charge is 2.23. The lowest BCUT2D eigenvalue weighted by Crippen LogP contribution is -2.44. The molecule has 1 fully saturated rings. The van der Waals surface area contributed by atoms with Crippen LogP contribution in [0.1, 0.15) is 39.0 Å². The highest BCUT2D eigenvalue weighted by Crippen LogP contribution is 2.17. The third kappa shape index (κ3) is 6.42. The van der Waals surface area contributed by atoms with E-state index in [0.717, 1.165) is 38.8 Å². The van der Waals surface area contributed by atoms with Gasteiger partial charge in [0.1, 0.15) is 0 Å². The summed E-state index contributed by atoms with van der Waals surface area (Å²) in [6, 6.07) is -0.345. The molecule has 110 valence electrons. The first-order chi connectivity index (χ1) is 8.99. The molecule has 2 atom stereocenters. The molecule has 1 rings (SSSR count). The van der Waals surface area contributed by atoms with Gasteiger partial charge >= 0.3 is 6.03 Å². The quantitative estimate of drug-likeness (QED) is 0.651. The van der Waals surface area contributed by atoms with Crippen LogP contribution in [0.4, 0.5) is 4.79 Å². The van der Waals surface area contributed by atoms with Crippen LogP contribution in [-0.4, -0.2) is 42.5 Å². The molecule has 0 bridgehead atoms. The number of likely N-dealkylation sites (tertiary alicyclic amines) is 1.